The molecule has 0 bridgehead atoms. The van der Waals surface area contributed by atoms with Gasteiger partial charge in [-0.25, -0.2) is 4.39 Å². The maximum Gasteiger partial charge on any atom is 0.320 e. The minimum atomic E-state index is -1.09. The molecule has 14 heavy (non-hydrogen) atoms. The number of carbonyl (C=O) groups is 1. The molecule has 0 amide bonds. The van der Waals surface area contributed by atoms with Gasteiger partial charge in [-0.2, -0.15) is 0 Å². The molecule has 0 aliphatic heterocycles. The van der Waals surface area contributed by atoms with Gasteiger partial charge in [0.2, 0.25) is 0 Å². The Morgan fingerprint density at radius 1 is 1.71 bits per heavy atom. The van der Waals surface area contributed by atoms with Crippen LogP contribution in [0.25, 0.3) is 0 Å². The van der Waals surface area contributed by atoms with Gasteiger partial charge in [0.25, 0.3) is 0 Å². The van der Waals surface area contributed by atoms with E-state index in [1.54, 1.807) is 0 Å². The number of hydrogen-bond donors (Lipinski definition) is 2. The van der Waals surface area contributed by atoms with Crippen LogP contribution in [0.5, 0.6) is 0 Å². The van der Waals surface area contributed by atoms with E-state index < -0.39 is 18.7 Å². The molecular formula is C9H11FN2O2. The van der Waals surface area contributed by atoms with Crippen molar-refractivity contribution in [1.82, 2.24) is 4.98 Å². The van der Waals surface area contributed by atoms with Crippen LogP contribution >= 0.6 is 0 Å². The van der Waals surface area contributed by atoms with Crippen molar-refractivity contribution in [2.75, 3.05) is 0 Å². The number of pyridine rings is 1. The summed E-state index contributed by atoms with van der Waals surface area (Å²) in [6, 6.07) is 2.07. The fourth-order valence-electron chi connectivity index (χ4n) is 1.04. The molecule has 0 saturated heterocycles. The molecule has 0 aliphatic rings. The number of aliphatic carboxylic acids is 1. The van der Waals surface area contributed by atoms with E-state index in [1.807, 2.05) is 0 Å². The second kappa shape index (κ2) is 4.66. The van der Waals surface area contributed by atoms with Gasteiger partial charge in [-0.05, 0) is 17.7 Å². The van der Waals surface area contributed by atoms with Gasteiger partial charge in [-0.1, -0.05) is 0 Å². The Morgan fingerprint density at radius 2 is 2.43 bits per heavy atom. The Bertz CT molecular complexity index is 330. The van der Waals surface area contributed by atoms with Crippen LogP contribution < -0.4 is 5.73 Å². The van der Waals surface area contributed by atoms with Crippen LogP contribution in [0.15, 0.2) is 18.3 Å². The molecule has 1 unspecified atom stereocenters. The fourth-order valence-corrected chi connectivity index (χ4v) is 1.04. The van der Waals surface area contributed by atoms with Gasteiger partial charge in [0.15, 0.2) is 0 Å². The quantitative estimate of drug-likeness (QED) is 0.737. The maximum absolute atomic E-state index is 12.2. The summed E-state index contributed by atoms with van der Waals surface area (Å²) in [5, 5.41) is 8.54. The van der Waals surface area contributed by atoms with E-state index in [2.05, 4.69) is 4.98 Å². The predicted molar refractivity (Wildman–Crippen MR) is 48.4 cm³/mol. The summed E-state index contributed by atoms with van der Waals surface area (Å²) in [7, 11) is 0. The molecule has 0 radical (unpaired) electrons. The Kier molecular flexibility index (Phi) is 3.53. The van der Waals surface area contributed by atoms with Crippen LogP contribution in [0.1, 0.15) is 11.3 Å². The van der Waals surface area contributed by atoms with E-state index in [0.29, 0.717) is 11.3 Å². The predicted octanol–water partition coefficient (Wildman–Crippen LogP) is 0.506. The Hall–Kier alpha value is -1.49. The molecule has 0 aliphatic carbocycles. The van der Waals surface area contributed by atoms with Crippen LogP contribution in [0.3, 0.4) is 0 Å². The van der Waals surface area contributed by atoms with Gasteiger partial charge >= 0.3 is 5.97 Å². The number of halogens is 1. The van der Waals surface area contributed by atoms with Crippen molar-refractivity contribution in [3.8, 4) is 0 Å². The lowest BCUT2D eigenvalue weighted by atomic mass is 10.1. The van der Waals surface area contributed by atoms with Crippen molar-refractivity contribution in [1.29, 1.82) is 0 Å². The smallest absolute Gasteiger partial charge is 0.320 e. The highest BCUT2D eigenvalue weighted by molar-refractivity contribution is 5.73. The molecule has 0 aromatic carbocycles. The zero-order valence-corrected chi connectivity index (χ0v) is 7.48. The molecule has 1 atom stereocenters. The highest BCUT2D eigenvalue weighted by Gasteiger charge is 2.12. The summed E-state index contributed by atoms with van der Waals surface area (Å²) in [6.07, 6.45) is 1.56. The van der Waals surface area contributed by atoms with Crippen LogP contribution in [0.4, 0.5) is 4.39 Å². The van der Waals surface area contributed by atoms with Crippen LogP contribution in [-0.2, 0) is 17.9 Å². The van der Waals surface area contributed by atoms with Crippen LogP contribution in [0.2, 0.25) is 0 Å². The molecule has 0 saturated carbocycles. The summed E-state index contributed by atoms with van der Waals surface area (Å²) in [5.74, 6) is -1.09. The van der Waals surface area contributed by atoms with Crippen LogP contribution in [-0.4, -0.2) is 22.1 Å². The van der Waals surface area contributed by atoms with Gasteiger partial charge < -0.3 is 10.8 Å². The van der Waals surface area contributed by atoms with E-state index in [1.165, 1.54) is 18.3 Å². The van der Waals surface area contributed by atoms with Crippen LogP contribution in [0, 0.1) is 0 Å². The lowest BCUT2D eigenvalue weighted by Gasteiger charge is -2.05. The van der Waals surface area contributed by atoms with Gasteiger partial charge in [-0.3, -0.25) is 9.78 Å². The molecule has 4 nitrogen and oxygen atoms in total. The van der Waals surface area contributed by atoms with Crippen molar-refractivity contribution in [3.63, 3.8) is 0 Å². The van der Waals surface area contributed by atoms with Crippen molar-refractivity contribution in [2.24, 2.45) is 5.73 Å². The first kappa shape index (κ1) is 10.6. The van der Waals surface area contributed by atoms with E-state index >= 15 is 0 Å². The van der Waals surface area contributed by atoms with Gasteiger partial charge in [0, 0.05) is 18.3 Å². The number of rotatable bonds is 4. The van der Waals surface area contributed by atoms with E-state index in [9.17, 15) is 9.18 Å². The summed E-state index contributed by atoms with van der Waals surface area (Å²) in [4.78, 5) is 14.3. The van der Waals surface area contributed by atoms with Crippen molar-refractivity contribution < 1.29 is 14.3 Å². The van der Waals surface area contributed by atoms with E-state index in [4.69, 9.17) is 10.8 Å². The van der Waals surface area contributed by atoms with E-state index in [-0.39, 0.29) is 6.42 Å². The fraction of sp³-hybridized carbons (Fsp3) is 0.333. The second-order valence-electron chi connectivity index (χ2n) is 2.94. The lowest BCUT2D eigenvalue weighted by Crippen LogP contribution is -2.32. The highest BCUT2D eigenvalue weighted by Crippen LogP contribution is 2.05. The minimum Gasteiger partial charge on any atom is -0.480 e. The first-order valence-electron chi connectivity index (χ1n) is 4.11. The normalized spacial score (nSPS) is 12.4. The maximum atomic E-state index is 12.2. The molecule has 1 heterocycles. The molecule has 1 aromatic heterocycles. The Morgan fingerprint density at radius 3 is 3.00 bits per heavy atom. The number of alkyl halides is 1. The number of nitrogens with two attached hydrogens (primary N) is 1. The molecule has 76 valence electrons. The van der Waals surface area contributed by atoms with E-state index in [0.717, 1.165) is 0 Å². The summed E-state index contributed by atoms with van der Waals surface area (Å²) < 4.78 is 12.2. The molecule has 5 heteroatoms. The molecule has 1 aromatic rings. The number of hydrogen-bond acceptors (Lipinski definition) is 3. The molecular weight excluding hydrogens is 186 g/mol. The largest absolute Gasteiger partial charge is 0.480 e. The number of nitrogens with zero attached hydrogens (tertiary/aromatic N) is 1. The van der Waals surface area contributed by atoms with Gasteiger partial charge in [0.1, 0.15) is 12.7 Å². The Balaban J connectivity index is 2.71. The van der Waals surface area contributed by atoms with Crippen molar-refractivity contribution in [3.05, 3.63) is 29.6 Å². The highest BCUT2D eigenvalue weighted by atomic mass is 18.2. The number of carboxylic acid groups (broad SMARTS) is 1. The van der Waals surface area contributed by atoms with Crippen molar-refractivity contribution >= 4 is 5.97 Å². The SMILES string of the molecule is NC(Cc1cc(C[18F])ccn1)C(=O)O. The molecule has 0 spiro atoms. The first-order valence-corrected chi connectivity index (χ1v) is 4.11. The first-order chi connectivity index (χ1) is 6.63. The monoisotopic (exact) mass is 197 g/mol. The lowest BCUT2D eigenvalue weighted by molar-refractivity contribution is -0.138. The molecule has 1 rings (SSSR count). The molecule has 3 N–H and O–H groups in total. The Labute approximate surface area is 80.6 Å². The molecule has 0 fully saturated rings. The minimum absolute atomic E-state index is 0.114. The summed E-state index contributed by atoms with van der Waals surface area (Å²) in [6.45, 7) is -0.585. The second-order valence-corrected chi connectivity index (χ2v) is 2.94. The topological polar surface area (TPSA) is 76.2 Å². The van der Waals surface area contributed by atoms with Crippen molar-refractivity contribution in [2.45, 2.75) is 19.1 Å². The summed E-state index contributed by atoms with van der Waals surface area (Å²) >= 11 is 0. The average Bonchev–Trinajstić information content (AvgIpc) is 2.18. The summed E-state index contributed by atoms with van der Waals surface area (Å²) in [5.41, 5.74) is 6.28. The zero-order valence-electron chi connectivity index (χ0n) is 7.48. The number of carboxylic acids is 1. The van der Waals surface area contributed by atoms with Gasteiger partial charge in [-0.15, -0.1) is 0 Å². The standard InChI is InChI=1S/C9H11FN2O2/c10-5-6-1-2-12-7(3-6)4-8(11)9(13)14/h1-3,8H,4-5,11H2,(H,13,14)/i10-1. The average molecular weight is 197 g/mol. The number of aromatic nitrogens is 1. The third kappa shape index (κ3) is 2.77. The zero-order chi connectivity index (χ0) is 10.6. The third-order valence-corrected chi connectivity index (χ3v) is 1.78. The third-order valence-electron chi connectivity index (χ3n) is 1.78. The van der Waals surface area contributed by atoms with Gasteiger partial charge in [0.05, 0.1) is 0 Å².